The minimum absolute atomic E-state index is 0.101. The maximum Gasteiger partial charge on any atom is 0.126 e. The van der Waals surface area contributed by atoms with Crippen LogP contribution in [0.3, 0.4) is 0 Å². The predicted octanol–water partition coefficient (Wildman–Crippen LogP) is 3.20. The third-order valence-electron chi connectivity index (χ3n) is 4.74. The Morgan fingerprint density at radius 3 is 2.89 bits per heavy atom. The summed E-state index contributed by atoms with van der Waals surface area (Å²) in [6, 6.07) is 6.82. The smallest absolute Gasteiger partial charge is 0.126 e. The second kappa shape index (κ2) is 5.12. The lowest BCUT2D eigenvalue weighted by atomic mass is 10.0. The first-order valence-electron chi connectivity index (χ1n) is 7.46. The summed E-state index contributed by atoms with van der Waals surface area (Å²) in [5.41, 5.74) is 1.94. The van der Waals surface area contributed by atoms with E-state index in [9.17, 15) is 4.39 Å². The molecule has 2 saturated heterocycles. The molecular weight excluding hydrogens is 239 g/mol. The van der Waals surface area contributed by atoms with Gasteiger partial charge < -0.3 is 4.90 Å². The van der Waals surface area contributed by atoms with Gasteiger partial charge in [0.15, 0.2) is 0 Å². The van der Waals surface area contributed by atoms with Gasteiger partial charge in [-0.15, -0.1) is 0 Å². The Labute approximate surface area is 115 Å². The highest BCUT2D eigenvalue weighted by Crippen LogP contribution is 2.30. The van der Waals surface area contributed by atoms with Crippen LogP contribution in [0.2, 0.25) is 0 Å². The number of hydrogen-bond acceptors (Lipinski definition) is 2. The molecule has 19 heavy (non-hydrogen) atoms. The summed E-state index contributed by atoms with van der Waals surface area (Å²) in [6.45, 7) is 7.63. The lowest BCUT2D eigenvalue weighted by molar-refractivity contribution is 0.194. The van der Waals surface area contributed by atoms with Crippen molar-refractivity contribution in [3.05, 3.63) is 29.6 Å². The third kappa shape index (κ3) is 2.36. The Morgan fingerprint density at radius 1 is 1.32 bits per heavy atom. The highest BCUT2D eigenvalue weighted by atomic mass is 19.1. The Balaban J connectivity index is 1.86. The number of aryl methyl sites for hydroxylation is 1. The predicted molar refractivity (Wildman–Crippen MR) is 77.2 cm³/mol. The zero-order valence-electron chi connectivity index (χ0n) is 11.9. The summed E-state index contributed by atoms with van der Waals surface area (Å²) in [4.78, 5) is 5.14. The van der Waals surface area contributed by atoms with Crippen LogP contribution in [-0.4, -0.2) is 36.6 Å². The molecule has 1 aromatic rings. The van der Waals surface area contributed by atoms with Crippen molar-refractivity contribution >= 4 is 5.69 Å². The van der Waals surface area contributed by atoms with Gasteiger partial charge in [-0.3, -0.25) is 4.90 Å². The van der Waals surface area contributed by atoms with Crippen molar-refractivity contribution in [2.45, 2.75) is 45.2 Å². The summed E-state index contributed by atoms with van der Waals surface area (Å²) in [5.74, 6) is -0.101. The van der Waals surface area contributed by atoms with Crippen molar-refractivity contribution in [2.24, 2.45) is 0 Å². The molecule has 3 rings (SSSR count). The van der Waals surface area contributed by atoms with Crippen molar-refractivity contribution in [3.63, 3.8) is 0 Å². The number of fused-ring (bicyclic) bond motifs is 1. The molecule has 0 aromatic heterocycles. The minimum Gasteiger partial charge on any atom is -0.366 e. The van der Waals surface area contributed by atoms with Crippen molar-refractivity contribution < 1.29 is 4.39 Å². The van der Waals surface area contributed by atoms with Gasteiger partial charge in [-0.2, -0.15) is 0 Å². The number of rotatable bonds is 2. The van der Waals surface area contributed by atoms with Crippen molar-refractivity contribution in [3.8, 4) is 0 Å². The SMILES string of the molecule is CCC1CN2CCCC2CN1c1ccc(F)c(C)c1. The lowest BCUT2D eigenvalue weighted by Crippen LogP contribution is -2.56. The minimum atomic E-state index is -0.101. The summed E-state index contributed by atoms with van der Waals surface area (Å²) in [5, 5.41) is 0. The van der Waals surface area contributed by atoms with E-state index in [0.29, 0.717) is 12.1 Å². The molecular formula is C16H23FN2. The zero-order chi connectivity index (χ0) is 13.4. The Morgan fingerprint density at radius 2 is 2.16 bits per heavy atom. The van der Waals surface area contributed by atoms with Gasteiger partial charge >= 0.3 is 0 Å². The first-order chi connectivity index (χ1) is 9.19. The van der Waals surface area contributed by atoms with E-state index in [0.717, 1.165) is 25.1 Å². The van der Waals surface area contributed by atoms with Gasteiger partial charge in [0.25, 0.3) is 0 Å². The van der Waals surface area contributed by atoms with E-state index in [2.05, 4.69) is 16.7 Å². The fourth-order valence-electron chi connectivity index (χ4n) is 3.56. The molecule has 2 fully saturated rings. The molecule has 0 aliphatic carbocycles. The molecule has 0 radical (unpaired) electrons. The van der Waals surface area contributed by atoms with E-state index in [4.69, 9.17) is 0 Å². The second-order valence-corrected chi connectivity index (χ2v) is 5.94. The third-order valence-corrected chi connectivity index (χ3v) is 4.74. The number of nitrogens with zero attached hydrogens (tertiary/aromatic N) is 2. The van der Waals surface area contributed by atoms with Crippen molar-refractivity contribution in [1.29, 1.82) is 0 Å². The number of halogens is 1. The average Bonchev–Trinajstić information content (AvgIpc) is 2.87. The molecule has 3 heteroatoms. The monoisotopic (exact) mass is 262 g/mol. The van der Waals surface area contributed by atoms with Crippen LogP contribution in [0.5, 0.6) is 0 Å². The van der Waals surface area contributed by atoms with Gasteiger partial charge in [0.05, 0.1) is 0 Å². The highest BCUT2D eigenvalue weighted by molar-refractivity contribution is 5.50. The average molecular weight is 262 g/mol. The quantitative estimate of drug-likeness (QED) is 0.807. The molecule has 0 N–H and O–H groups in total. The molecule has 2 unspecified atom stereocenters. The summed E-state index contributed by atoms with van der Waals surface area (Å²) in [6.07, 6.45) is 3.80. The van der Waals surface area contributed by atoms with Gasteiger partial charge in [-0.1, -0.05) is 6.92 Å². The number of hydrogen-bond donors (Lipinski definition) is 0. The topological polar surface area (TPSA) is 6.48 Å². The summed E-state index contributed by atoms with van der Waals surface area (Å²) < 4.78 is 13.4. The molecule has 2 nitrogen and oxygen atoms in total. The normalized spacial score (nSPS) is 27.6. The van der Waals surface area contributed by atoms with Crippen molar-refractivity contribution in [2.75, 3.05) is 24.5 Å². The van der Waals surface area contributed by atoms with Gasteiger partial charge in [0.2, 0.25) is 0 Å². The maximum absolute atomic E-state index is 13.4. The molecule has 0 amide bonds. The molecule has 0 bridgehead atoms. The summed E-state index contributed by atoms with van der Waals surface area (Å²) in [7, 11) is 0. The van der Waals surface area contributed by atoms with Crippen molar-refractivity contribution in [1.82, 2.24) is 4.90 Å². The van der Waals surface area contributed by atoms with E-state index < -0.39 is 0 Å². The van der Waals surface area contributed by atoms with Crippen LogP contribution in [0.4, 0.5) is 10.1 Å². The van der Waals surface area contributed by atoms with Crippen LogP contribution < -0.4 is 4.90 Å². The van der Waals surface area contributed by atoms with E-state index in [1.54, 1.807) is 6.07 Å². The van der Waals surface area contributed by atoms with E-state index in [-0.39, 0.29) is 5.82 Å². The maximum atomic E-state index is 13.4. The fourth-order valence-corrected chi connectivity index (χ4v) is 3.56. The first-order valence-corrected chi connectivity index (χ1v) is 7.46. The number of anilines is 1. The van der Waals surface area contributed by atoms with Gasteiger partial charge in [-0.05, 0) is 56.5 Å². The van der Waals surface area contributed by atoms with E-state index in [1.807, 2.05) is 19.1 Å². The van der Waals surface area contributed by atoms with E-state index >= 15 is 0 Å². The van der Waals surface area contributed by atoms with Crippen LogP contribution >= 0.6 is 0 Å². The standard InChI is InChI=1S/C16H23FN2/c1-3-13-10-18-8-4-5-15(18)11-19(13)14-6-7-16(17)12(2)9-14/h6-7,9,13,15H,3-5,8,10-11H2,1-2H3. The molecule has 1 aromatic carbocycles. The molecule has 2 aliphatic heterocycles. The van der Waals surface area contributed by atoms with Gasteiger partial charge in [0.1, 0.15) is 5.82 Å². The Bertz CT molecular complexity index is 460. The molecule has 2 atom stereocenters. The highest BCUT2D eigenvalue weighted by Gasteiger charge is 2.35. The van der Waals surface area contributed by atoms with E-state index in [1.165, 1.54) is 25.1 Å². The largest absolute Gasteiger partial charge is 0.366 e. The molecule has 0 saturated carbocycles. The fraction of sp³-hybridized carbons (Fsp3) is 0.625. The number of piperazine rings is 1. The Kier molecular flexibility index (Phi) is 3.48. The first kappa shape index (κ1) is 12.9. The van der Waals surface area contributed by atoms with Crippen LogP contribution in [0.15, 0.2) is 18.2 Å². The summed E-state index contributed by atoms with van der Waals surface area (Å²) >= 11 is 0. The van der Waals surface area contributed by atoms with Gasteiger partial charge in [-0.25, -0.2) is 4.39 Å². The van der Waals surface area contributed by atoms with Crippen LogP contribution in [0.1, 0.15) is 31.7 Å². The number of benzene rings is 1. The molecule has 0 spiro atoms. The van der Waals surface area contributed by atoms with Crippen LogP contribution in [0.25, 0.3) is 0 Å². The van der Waals surface area contributed by atoms with Crippen LogP contribution in [0, 0.1) is 12.7 Å². The van der Waals surface area contributed by atoms with Gasteiger partial charge in [0, 0.05) is 30.9 Å². The second-order valence-electron chi connectivity index (χ2n) is 5.94. The Hall–Kier alpha value is -1.09. The zero-order valence-corrected chi connectivity index (χ0v) is 11.9. The molecule has 2 heterocycles. The lowest BCUT2D eigenvalue weighted by Gasteiger charge is -2.45. The molecule has 104 valence electrons. The molecule has 2 aliphatic rings. The van der Waals surface area contributed by atoms with Crippen LogP contribution in [-0.2, 0) is 0 Å².